The lowest BCUT2D eigenvalue weighted by atomic mass is 9.89. The van der Waals surface area contributed by atoms with Gasteiger partial charge in [0.05, 0.1) is 17.0 Å². The number of carbonyl (C=O) groups is 1. The van der Waals surface area contributed by atoms with Crippen LogP contribution >= 0.6 is 0 Å². The molecule has 3 heterocycles. The predicted octanol–water partition coefficient (Wildman–Crippen LogP) is 1.97. The van der Waals surface area contributed by atoms with Crippen molar-refractivity contribution in [2.24, 2.45) is 5.92 Å². The topological polar surface area (TPSA) is 101 Å². The molecule has 2 fully saturated rings. The van der Waals surface area contributed by atoms with Crippen molar-refractivity contribution in [3.05, 3.63) is 36.5 Å². The fourth-order valence-electron chi connectivity index (χ4n) is 3.94. The van der Waals surface area contributed by atoms with E-state index in [0.29, 0.717) is 30.6 Å². The van der Waals surface area contributed by atoms with E-state index < -0.39 is 28.0 Å². The van der Waals surface area contributed by atoms with Crippen LogP contribution in [0.4, 0.5) is 0 Å². The van der Waals surface area contributed by atoms with Gasteiger partial charge >= 0.3 is 5.97 Å². The highest BCUT2D eigenvalue weighted by Crippen LogP contribution is 2.46. The molecular weight excluding hydrogens is 332 g/mol. The molecule has 3 unspecified atom stereocenters. The lowest BCUT2D eigenvalue weighted by Gasteiger charge is -2.23. The van der Waals surface area contributed by atoms with E-state index in [9.17, 15) is 18.3 Å². The molecule has 1 N–H and O–H groups in total. The minimum absolute atomic E-state index is 0.129. The molecule has 8 heteroatoms. The molecule has 2 bridgehead atoms. The number of sulfonamides is 1. The maximum absolute atomic E-state index is 13.3. The van der Waals surface area contributed by atoms with E-state index in [1.165, 1.54) is 16.6 Å². The Labute approximate surface area is 138 Å². The molecule has 0 spiro atoms. The van der Waals surface area contributed by atoms with Crippen molar-refractivity contribution in [1.29, 1.82) is 0 Å². The van der Waals surface area contributed by atoms with Gasteiger partial charge in [-0.2, -0.15) is 4.31 Å². The summed E-state index contributed by atoms with van der Waals surface area (Å²) in [5.74, 6) is -1.18. The summed E-state index contributed by atoms with van der Waals surface area (Å²) in [6.45, 7) is 0. The van der Waals surface area contributed by atoms with Gasteiger partial charge in [0.1, 0.15) is 0 Å². The smallest absolute Gasteiger partial charge is 0.308 e. The maximum atomic E-state index is 13.3. The average Bonchev–Trinajstić information content (AvgIpc) is 3.30. The summed E-state index contributed by atoms with van der Waals surface area (Å²) in [5, 5.41) is 13.0. The number of hydrogen-bond donors (Lipinski definition) is 1. The Kier molecular flexibility index (Phi) is 3.47. The summed E-state index contributed by atoms with van der Waals surface area (Å²) in [7, 11) is -3.82. The summed E-state index contributed by atoms with van der Waals surface area (Å²) >= 11 is 0. The summed E-state index contributed by atoms with van der Waals surface area (Å²) in [4.78, 5) is 11.5. The fourth-order valence-corrected chi connectivity index (χ4v) is 6.06. The van der Waals surface area contributed by atoms with Gasteiger partial charge in [0.2, 0.25) is 10.0 Å². The minimum atomic E-state index is -3.82. The molecule has 0 amide bonds. The highest BCUT2D eigenvalue weighted by atomic mass is 32.2. The first-order valence-electron chi connectivity index (χ1n) is 7.76. The van der Waals surface area contributed by atoms with Gasteiger partial charge in [-0.3, -0.25) is 4.79 Å². The third kappa shape index (κ3) is 2.17. The average molecular weight is 348 g/mol. The van der Waals surface area contributed by atoms with Crippen molar-refractivity contribution in [2.75, 3.05) is 0 Å². The first-order chi connectivity index (χ1) is 11.5. The Hall–Kier alpha value is -2.19. The van der Waals surface area contributed by atoms with Crippen LogP contribution in [0.3, 0.4) is 0 Å². The van der Waals surface area contributed by atoms with Gasteiger partial charge in [0, 0.05) is 23.7 Å². The van der Waals surface area contributed by atoms with E-state index in [2.05, 4.69) is 5.16 Å². The van der Waals surface area contributed by atoms with Crippen LogP contribution in [-0.2, 0) is 14.8 Å². The molecule has 3 atom stereocenters. The van der Waals surface area contributed by atoms with Crippen molar-refractivity contribution in [3.8, 4) is 11.3 Å². The molecule has 24 heavy (non-hydrogen) atoms. The van der Waals surface area contributed by atoms with Crippen molar-refractivity contribution in [1.82, 2.24) is 9.46 Å². The van der Waals surface area contributed by atoms with Crippen molar-refractivity contribution in [3.63, 3.8) is 0 Å². The molecule has 2 aliphatic heterocycles. The highest BCUT2D eigenvalue weighted by molar-refractivity contribution is 7.89. The summed E-state index contributed by atoms with van der Waals surface area (Å²) in [6, 6.07) is 7.46. The minimum Gasteiger partial charge on any atom is -0.481 e. The van der Waals surface area contributed by atoms with Crippen LogP contribution < -0.4 is 0 Å². The zero-order valence-electron chi connectivity index (χ0n) is 12.7. The van der Waals surface area contributed by atoms with Crippen molar-refractivity contribution >= 4 is 16.0 Å². The Morgan fingerprint density at radius 1 is 1.25 bits per heavy atom. The first kappa shape index (κ1) is 15.3. The van der Waals surface area contributed by atoms with Gasteiger partial charge in [-0.15, -0.1) is 0 Å². The molecule has 126 valence electrons. The number of hydrogen-bond acceptors (Lipinski definition) is 5. The van der Waals surface area contributed by atoms with Crippen LogP contribution in [-0.4, -0.2) is 41.0 Å². The van der Waals surface area contributed by atoms with Crippen LogP contribution in [0, 0.1) is 5.92 Å². The van der Waals surface area contributed by atoms with Crippen LogP contribution in [0.25, 0.3) is 11.3 Å². The van der Waals surface area contributed by atoms with E-state index in [-0.39, 0.29) is 10.9 Å². The third-order valence-electron chi connectivity index (χ3n) is 4.94. The number of aromatic nitrogens is 1. The Balaban J connectivity index is 1.79. The molecule has 0 aliphatic carbocycles. The van der Waals surface area contributed by atoms with Crippen LogP contribution in [0.5, 0.6) is 0 Å². The molecule has 1 aromatic carbocycles. The van der Waals surface area contributed by atoms with Crippen LogP contribution in [0.15, 0.2) is 45.9 Å². The number of aliphatic carboxylic acids is 1. The van der Waals surface area contributed by atoms with Crippen molar-refractivity contribution in [2.45, 2.75) is 36.2 Å². The van der Waals surface area contributed by atoms with Gasteiger partial charge in [0.15, 0.2) is 5.76 Å². The number of rotatable bonds is 4. The summed E-state index contributed by atoms with van der Waals surface area (Å²) in [6.07, 6.45) is 3.13. The van der Waals surface area contributed by atoms with Gasteiger partial charge < -0.3 is 9.63 Å². The summed E-state index contributed by atoms with van der Waals surface area (Å²) < 4.78 is 33.0. The molecule has 0 radical (unpaired) electrons. The van der Waals surface area contributed by atoms with E-state index >= 15 is 0 Å². The molecule has 0 saturated carbocycles. The Morgan fingerprint density at radius 2 is 2.04 bits per heavy atom. The standard InChI is InChI=1S/C16H16N2O5S/c19-16(20)12-9-10-5-6-13(12)18(10)24(21,22)15-4-2-1-3-11(15)14-7-8-17-23-14/h1-4,7-8,10,12-13H,5-6,9H2,(H,19,20). The number of benzene rings is 1. The lowest BCUT2D eigenvalue weighted by molar-refractivity contribution is -0.142. The van der Waals surface area contributed by atoms with E-state index in [1.807, 2.05) is 0 Å². The zero-order valence-corrected chi connectivity index (χ0v) is 13.5. The number of carboxylic acid groups (broad SMARTS) is 1. The summed E-state index contributed by atoms with van der Waals surface area (Å²) in [5.41, 5.74) is 0.438. The molecule has 2 aromatic rings. The number of fused-ring (bicyclic) bond motifs is 2. The Bertz CT molecular complexity index is 878. The molecule has 2 aliphatic rings. The SMILES string of the molecule is O=C(O)C1CC2CCC1N2S(=O)(=O)c1ccccc1-c1ccno1. The molecule has 2 saturated heterocycles. The highest BCUT2D eigenvalue weighted by Gasteiger charge is 2.54. The van der Waals surface area contributed by atoms with Gasteiger partial charge in [-0.1, -0.05) is 17.3 Å². The molecule has 7 nitrogen and oxygen atoms in total. The molecule has 1 aromatic heterocycles. The van der Waals surface area contributed by atoms with E-state index in [1.54, 1.807) is 24.3 Å². The van der Waals surface area contributed by atoms with Gasteiger partial charge in [-0.25, -0.2) is 8.42 Å². The quantitative estimate of drug-likeness (QED) is 0.906. The third-order valence-corrected chi connectivity index (χ3v) is 6.97. The van der Waals surface area contributed by atoms with Crippen LogP contribution in [0.1, 0.15) is 19.3 Å². The fraction of sp³-hybridized carbons (Fsp3) is 0.375. The Morgan fingerprint density at radius 3 is 2.71 bits per heavy atom. The number of nitrogens with zero attached hydrogens (tertiary/aromatic N) is 2. The predicted molar refractivity (Wildman–Crippen MR) is 83.5 cm³/mol. The van der Waals surface area contributed by atoms with E-state index in [0.717, 1.165) is 0 Å². The zero-order chi connectivity index (χ0) is 16.9. The van der Waals surface area contributed by atoms with Crippen molar-refractivity contribution < 1.29 is 22.8 Å². The second-order valence-corrected chi connectivity index (χ2v) is 8.00. The largest absolute Gasteiger partial charge is 0.481 e. The van der Waals surface area contributed by atoms with Crippen LogP contribution in [0.2, 0.25) is 0 Å². The maximum Gasteiger partial charge on any atom is 0.308 e. The monoisotopic (exact) mass is 348 g/mol. The first-order valence-corrected chi connectivity index (χ1v) is 9.20. The second kappa shape index (κ2) is 5.42. The lowest BCUT2D eigenvalue weighted by Crippen LogP contribution is -2.38. The van der Waals surface area contributed by atoms with E-state index in [4.69, 9.17) is 4.52 Å². The molecule has 4 rings (SSSR count). The van der Waals surface area contributed by atoms with Gasteiger partial charge in [0.25, 0.3) is 0 Å². The normalized spacial score (nSPS) is 26.8. The molecular formula is C16H16N2O5S. The number of carboxylic acids is 1. The van der Waals surface area contributed by atoms with Gasteiger partial charge in [-0.05, 0) is 31.4 Å². The second-order valence-electron chi connectivity index (χ2n) is 6.19.